The molecule has 4 heteroatoms. The summed E-state index contributed by atoms with van der Waals surface area (Å²) >= 11 is 0. The summed E-state index contributed by atoms with van der Waals surface area (Å²) in [5, 5.41) is 7.42. The van der Waals surface area contributed by atoms with Crippen LogP contribution in [0.4, 0.5) is 0 Å². The van der Waals surface area contributed by atoms with Gasteiger partial charge in [0.2, 0.25) is 0 Å². The van der Waals surface area contributed by atoms with Crippen LogP contribution in [0.3, 0.4) is 0 Å². The minimum atomic E-state index is -0.833. The van der Waals surface area contributed by atoms with Crippen molar-refractivity contribution in [1.82, 2.24) is 0 Å². The largest absolute Gasteiger partial charge is 0.481 e. The van der Waals surface area contributed by atoms with Crippen molar-refractivity contribution in [2.45, 2.75) is 33.1 Å². The van der Waals surface area contributed by atoms with Crippen molar-refractivity contribution in [2.75, 3.05) is 6.61 Å². The molecule has 0 saturated heterocycles. The summed E-state index contributed by atoms with van der Waals surface area (Å²) in [6.07, 6.45) is 3.31. The number of carbonyl (C=O) groups excluding carboxylic acids is 1. The molecule has 0 aliphatic rings. The Morgan fingerprint density at radius 3 is 2.33 bits per heavy atom. The number of carboxylic acids is 1. The van der Waals surface area contributed by atoms with E-state index in [4.69, 9.17) is 9.90 Å². The number of carbonyl (C=O) groups is 2. The minimum Gasteiger partial charge on any atom is -0.481 e. The molecule has 0 atom stereocenters. The molecule has 0 unspecified atom stereocenters. The third kappa shape index (κ3) is 36.3. The van der Waals surface area contributed by atoms with Crippen molar-refractivity contribution >= 4 is 12.4 Å². The Labute approximate surface area is 72.5 Å². The number of aliphatic carboxylic acids is 1. The number of hydrogen-bond donors (Lipinski definition) is 1. The van der Waals surface area contributed by atoms with Crippen LogP contribution in [0, 0.1) is 0 Å². The molecule has 0 spiro atoms. The van der Waals surface area contributed by atoms with Crippen LogP contribution in [0.1, 0.15) is 33.1 Å². The van der Waals surface area contributed by atoms with Crippen LogP contribution >= 0.6 is 0 Å². The molecule has 1 N–H and O–H groups in total. The number of rotatable bonds is 5. The molecule has 0 rings (SSSR count). The lowest BCUT2D eigenvalue weighted by molar-refractivity contribution is -0.134. The Kier molecular flexibility index (Phi) is 14.2. The van der Waals surface area contributed by atoms with Gasteiger partial charge >= 0.3 is 0 Å². The van der Waals surface area contributed by atoms with Crippen LogP contribution in [0.15, 0.2) is 0 Å². The van der Waals surface area contributed by atoms with Gasteiger partial charge in [-0.15, -0.1) is 0 Å². The van der Waals surface area contributed by atoms with Crippen molar-refractivity contribution in [3.8, 4) is 0 Å². The first kappa shape index (κ1) is 13.5. The molecule has 0 saturated carbocycles. The lowest BCUT2D eigenvalue weighted by Crippen LogP contribution is -1.89. The van der Waals surface area contributed by atoms with Crippen molar-refractivity contribution in [2.24, 2.45) is 0 Å². The van der Waals surface area contributed by atoms with Gasteiger partial charge in [-0.2, -0.15) is 0 Å². The molecule has 0 radical (unpaired) electrons. The van der Waals surface area contributed by atoms with Crippen molar-refractivity contribution in [3.05, 3.63) is 0 Å². The second kappa shape index (κ2) is 12.6. The zero-order valence-corrected chi connectivity index (χ0v) is 7.58. The second-order valence-corrected chi connectivity index (χ2v) is 2.19. The predicted molar refractivity (Wildman–Crippen MR) is 44.9 cm³/mol. The highest BCUT2D eigenvalue weighted by Crippen LogP contribution is 1.91. The normalized spacial score (nSPS) is 7.83. The maximum absolute atomic E-state index is 9.55. The number of carboxylic acid groups (broad SMARTS) is 1. The van der Waals surface area contributed by atoms with E-state index >= 15 is 0 Å². The molecule has 0 amide bonds. The van der Waals surface area contributed by atoms with Gasteiger partial charge in [0.25, 0.3) is 12.4 Å². The zero-order valence-electron chi connectivity index (χ0n) is 7.58. The highest BCUT2D eigenvalue weighted by Gasteiger charge is 1.82. The highest BCUT2D eigenvalue weighted by atomic mass is 16.5. The van der Waals surface area contributed by atoms with E-state index in [9.17, 15) is 4.79 Å². The van der Waals surface area contributed by atoms with Gasteiger partial charge in [-0.3, -0.25) is 9.59 Å². The van der Waals surface area contributed by atoms with Gasteiger partial charge in [-0.25, -0.2) is 0 Å². The van der Waals surface area contributed by atoms with Crippen LogP contribution in [0.25, 0.3) is 0 Å². The van der Waals surface area contributed by atoms with E-state index in [0.717, 1.165) is 19.8 Å². The monoisotopic (exact) mass is 176 g/mol. The molecule has 12 heavy (non-hydrogen) atoms. The fraction of sp³-hybridized carbons (Fsp3) is 0.750. The molecule has 0 aromatic heterocycles. The van der Waals surface area contributed by atoms with Crippen LogP contribution in [-0.4, -0.2) is 24.2 Å². The van der Waals surface area contributed by atoms with Gasteiger partial charge in [-0.1, -0.05) is 19.8 Å². The minimum absolute atomic E-state index is 0.496. The topological polar surface area (TPSA) is 63.6 Å². The van der Waals surface area contributed by atoms with E-state index in [1.54, 1.807) is 0 Å². The molecule has 4 nitrogen and oxygen atoms in total. The molecule has 0 aliphatic carbocycles. The Morgan fingerprint density at radius 1 is 1.50 bits per heavy atom. The number of hydrogen-bond acceptors (Lipinski definition) is 3. The van der Waals surface area contributed by atoms with Gasteiger partial charge < -0.3 is 9.84 Å². The van der Waals surface area contributed by atoms with Crippen molar-refractivity contribution < 1.29 is 19.4 Å². The molecule has 0 aromatic carbocycles. The SMILES string of the molecule is CC(=O)O.CCCCCOC=O. The zero-order chi connectivity index (χ0) is 9.82. The predicted octanol–water partition coefficient (Wildman–Crippen LogP) is 1.44. The number of unbranched alkanes of at least 4 members (excludes halogenated alkanes) is 2. The smallest absolute Gasteiger partial charge is 0.300 e. The lowest BCUT2D eigenvalue weighted by Gasteiger charge is -1.93. The molecule has 0 aliphatic heterocycles. The molecule has 72 valence electrons. The third-order valence-corrected chi connectivity index (χ3v) is 0.934. The summed E-state index contributed by atoms with van der Waals surface area (Å²) in [6, 6.07) is 0. The highest BCUT2D eigenvalue weighted by molar-refractivity contribution is 5.62. The summed E-state index contributed by atoms with van der Waals surface area (Å²) in [5.74, 6) is -0.833. The molecular formula is C8H16O4. The van der Waals surface area contributed by atoms with Crippen LogP contribution in [-0.2, 0) is 14.3 Å². The summed E-state index contributed by atoms with van der Waals surface area (Å²) in [6.45, 7) is 4.27. The average Bonchev–Trinajstić information content (AvgIpc) is 1.97. The van der Waals surface area contributed by atoms with E-state index in [2.05, 4.69) is 11.7 Å². The Bertz CT molecular complexity index is 108. The van der Waals surface area contributed by atoms with E-state index in [0.29, 0.717) is 13.1 Å². The number of ether oxygens (including phenoxy) is 1. The van der Waals surface area contributed by atoms with Crippen LogP contribution in [0.5, 0.6) is 0 Å². The standard InChI is InChI=1S/C6H12O2.C2H4O2/c1-2-3-4-5-8-6-7;1-2(3)4/h6H,2-5H2,1H3;1H3,(H,3,4). The Balaban J connectivity index is 0. The van der Waals surface area contributed by atoms with Crippen molar-refractivity contribution in [1.29, 1.82) is 0 Å². The maximum Gasteiger partial charge on any atom is 0.300 e. The molecule has 0 aromatic rings. The van der Waals surface area contributed by atoms with Gasteiger partial charge in [0, 0.05) is 6.92 Å². The Morgan fingerprint density at radius 2 is 2.00 bits per heavy atom. The quantitative estimate of drug-likeness (QED) is 0.508. The summed E-state index contributed by atoms with van der Waals surface area (Å²) in [4.78, 5) is 18.5. The van der Waals surface area contributed by atoms with E-state index in [1.165, 1.54) is 6.42 Å². The van der Waals surface area contributed by atoms with E-state index in [1.807, 2.05) is 0 Å². The van der Waals surface area contributed by atoms with Gasteiger partial charge in [0.1, 0.15) is 0 Å². The molecule has 0 bridgehead atoms. The second-order valence-electron chi connectivity index (χ2n) is 2.19. The van der Waals surface area contributed by atoms with Crippen molar-refractivity contribution in [3.63, 3.8) is 0 Å². The first-order chi connectivity index (χ1) is 5.65. The average molecular weight is 176 g/mol. The molecule has 0 fully saturated rings. The Hall–Kier alpha value is -1.06. The molecule has 0 heterocycles. The fourth-order valence-corrected chi connectivity index (χ4v) is 0.484. The van der Waals surface area contributed by atoms with Crippen LogP contribution in [0.2, 0.25) is 0 Å². The first-order valence-electron chi connectivity index (χ1n) is 3.89. The first-order valence-corrected chi connectivity index (χ1v) is 3.89. The van der Waals surface area contributed by atoms with Crippen LogP contribution < -0.4 is 0 Å². The molecular weight excluding hydrogens is 160 g/mol. The summed E-state index contributed by atoms with van der Waals surface area (Å²) in [7, 11) is 0. The fourth-order valence-electron chi connectivity index (χ4n) is 0.484. The summed E-state index contributed by atoms with van der Waals surface area (Å²) in [5.41, 5.74) is 0. The maximum atomic E-state index is 9.55. The lowest BCUT2D eigenvalue weighted by atomic mass is 10.3. The summed E-state index contributed by atoms with van der Waals surface area (Å²) < 4.78 is 4.46. The van der Waals surface area contributed by atoms with E-state index < -0.39 is 5.97 Å². The van der Waals surface area contributed by atoms with Gasteiger partial charge in [0.05, 0.1) is 6.61 Å². The third-order valence-electron chi connectivity index (χ3n) is 0.934. The van der Waals surface area contributed by atoms with Gasteiger partial charge in [-0.05, 0) is 6.42 Å². The van der Waals surface area contributed by atoms with Gasteiger partial charge in [0.15, 0.2) is 0 Å². The van der Waals surface area contributed by atoms with E-state index in [-0.39, 0.29) is 0 Å².